The Morgan fingerprint density at radius 2 is 0.489 bits per heavy atom. The van der Waals surface area contributed by atoms with E-state index in [1.165, 1.54) is 0 Å². The van der Waals surface area contributed by atoms with Crippen LogP contribution >= 0.6 is 0 Å². The summed E-state index contributed by atoms with van der Waals surface area (Å²) in [5, 5.41) is 0. The van der Waals surface area contributed by atoms with Crippen LogP contribution in [-0.4, -0.2) is 17.8 Å². The fourth-order valence-corrected chi connectivity index (χ4v) is 4.15. The Hall–Kier alpha value is -3.50. The normalized spacial score (nSPS) is 18.7. The van der Waals surface area contributed by atoms with Gasteiger partial charge in [-0.2, -0.15) is 79.0 Å². The molecule has 0 saturated carbocycles. The molecule has 2 aromatic carbocycles. The lowest BCUT2D eigenvalue weighted by molar-refractivity contribution is -0.254. The number of hydrogen-bond acceptors (Lipinski definition) is 0. The summed E-state index contributed by atoms with van der Waals surface area (Å²) in [5.74, 6) is -48.0. The topological polar surface area (TPSA) is 0 Å². The first-order valence-electron chi connectivity index (χ1n) is 10.3. The maximum atomic E-state index is 14.8. The van der Waals surface area contributed by atoms with Crippen LogP contribution in [0.3, 0.4) is 0 Å². The monoisotopic (exact) mass is 708 g/mol. The second kappa shape index (κ2) is 9.75. The maximum absolute atomic E-state index is 14.8. The third kappa shape index (κ3) is 4.92. The molecule has 0 heterocycles. The molecular weight excluding hydrogens is 708 g/mol. The second-order valence-electron chi connectivity index (χ2n) is 8.60. The van der Waals surface area contributed by atoms with Gasteiger partial charge < -0.3 is 0 Å². The summed E-state index contributed by atoms with van der Waals surface area (Å²) >= 11 is 0. The van der Waals surface area contributed by atoms with Gasteiger partial charge in [0, 0.05) is 0 Å². The van der Waals surface area contributed by atoms with Crippen molar-refractivity contribution in [2.75, 3.05) is 0 Å². The van der Waals surface area contributed by atoms with Gasteiger partial charge in [0.1, 0.15) is 45.5 Å². The molecule has 0 radical (unpaired) electrons. The Morgan fingerprint density at radius 1 is 0.311 bits per heavy atom. The molecule has 0 fully saturated rings. The summed E-state index contributed by atoms with van der Waals surface area (Å²) in [4.78, 5) is 0. The number of benzene rings is 2. The molecule has 0 nitrogen and oxygen atoms in total. The SMILES string of the molecule is Fc1c(C2=C(c3c(F)c(C(F)(F)F)c(F)c(C(F)(F)F)c3F)C(F)(F)C(F)(F)C2(F)F)c(F)c(C(F)(F)F)c(F)c1C(F)(F)F. The average molecular weight is 708 g/mol. The molecule has 1 aliphatic carbocycles. The van der Waals surface area contributed by atoms with Crippen molar-refractivity contribution in [3.8, 4) is 0 Å². The fourth-order valence-electron chi connectivity index (χ4n) is 4.15. The van der Waals surface area contributed by atoms with Crippen LogP contribution in [0.25, 0.3) is 11.1 Å². The lowest BCUT2D eigenvalue weighted by atomic mass is 9.88. The molecule has 0 aliphatic heterocycles. The van der Waals surface area contributed by atoms with Crippen LogP contribution < -0.4 is 0 Å². The van der Waals surface area contributed by atoms with E-state index in [1.54, 1.807) is 0 Å². The predicted molar refractivity (Wildman–Crippen MR) is 94.3 cm³/mol. The van der Waals surface area contributed by atoms with Crippen LogP contribution in [0.5, 0.6) is 0 Å². The summed E-state index contributed by atoms with van der Waals surface area (Å²) in [5.41, 5.74) is -34.2. The van der Waals surface area contributed by atoms with E-state index < -0.39 is 122 Å². The minimum Gasteiger partial charge on any atom is -0.205 e. The van der Waals surface area contributed by atoms with Crippen LogP contribution in [-0.2, 0) is 24.7 Å². The smallest absolute Gasteiger partial charge is 0.205 e. The van der Waals surface area contributed by atoms with Gasteiger partial charge in [0.2, 0.25) is 0 Å². The first-order chi connectivity index (χ1) is 19.7. The zero-order valence-corrected chi connectivity index (χ0v) is 19.6. The van der Waals surface area contributed by atoms with Gasteiger partial charge in [-0.25, -0.2) is 26.3 Å². The summed E-state index contributed by atoms with van der Waals surface area (Å²) in [6, 6.07) is 0. The molecule has 3 rings (SSSR count). The van der Waals surface area contributed by atoms with Crippen molar-refractivity contribution in [3.05, 3.63) is 68.3 Å². The summed E-state index contributed by atoms with van der Waals surface area (Å²) in [7, 11) is 0. The summed E-state index contributed by atoms with van der Waals surface area (Å²) in [6.45, 7) is 0. The number of halogens is 24. The molecule has 0 saturated heterocycles. The quantitative estimate of drug-likeness (QED) is 0.273. The lowest BCUT2D eigenvalue weighted by Gasteiger charge is -2.26. The molecule has 252 valence electrons. The van der Waals surface area contributed by atoms with Crippen molar-refractivity contribution in [3.63, 3.8) is 0 Å². The van der Waals surface area contributed by atoms with Gasteiger partial charge >= 0.3 is 42.5 Å². The standard InChI is InChI=1S/C21F24/c22-9-1(10(23)6(18(35,36)37)13(26)5(9)17(32,33)34)3-4(16(30,31)21(44,45)15(3,28)29)2-11(24)7(19(38,39)40)14(27)8(12(2)25)20(41,42)43. The molecule has 0 unspecified atom stereocenters. The van der Waals surface area contributed by atoms with E-state index >= 15 is 0 Å². The van der Waals surface area contributed by atoms with Crippen molar-refractivity contribution in [2.24, 2.45) is 0 Å². The number of alkyl halides is 18. The van der Waals surface area contributed by atoms with E-state index in [9.17, 15) is 105 Å². The van der Waals surface area contributed by atoms with E-state index in [0.717, 1.165) is 0 Å². The van der Waals surface area contributed by atoms with E-state index in [2.05, 4.69) is 0 Å². The molecule has 0 bridgehead atoms. The minimum atomic E-state index is -7.63. The lowest BCUT2D eigenvalue weighted by Crippen LogP contribution is -2.49. The van der Waals surface area contributed by atoms with Crippen LogP contribution in [0.1, 0.15) is 33.4 Å². The van der Waals surface area contributed by atoms with Gasteiger partial charge in [0.05, 0.1) is 22.3 Å². The highest BCUT2D eigenvalue weighted by Gasteiger charge is 2.81. The number of allylic oxidation sites excluding steroid dienone is 2. The van der Waals surface area contributed by atoms with Gasteiger partial charge in [-0.05, 0) is 0 Å². The molecule has 0 amide bonds. The van der Waals surface area contributed by atoms with Gasteiger partial charge in [-0.1, -0.05) is 0 Å². The van der Waals surface area contributed by atoms with Gasteiger partial charge in [0.15, 0.2) is 11.6 Å². The Kier molecular flexibility index (Phi) is 7.80. The molecule has 0 spiro atoms. The fraction of sp³-hybridized carbons (Fsp3) is 0.333. The van der Waals surface area contributed by atoms with Crippen molar-refractivity contribution in [1.29, 1.82) is 0 Å². The zero-order chi connectivity index (χ0) is 35.6. The molecule has 0 N–H and O–H groups in total. The number of hydrogen-bond donors (Lipinski definition) is 0. The Labute approximate surface area is 228 Å². The maximum Gasteiger partial charge on any atom is 0.422 e. The van der Waals surface area contributed by atoms with Gasteiger partial charge in [-0.15, -0.1) is 0 Å². The van der Waals surface area contributed by atoms with Crippen LogP contribution in [0.15, 0.2) is 0 Å². The Morgan fingerprint density at radius 3 is 0.644 bits per heavy atom. The molecule has 0 aromatic heterocycles. The summed E-state index contributed by atoms with van der Waals surface area (Å²) < 4.78 is 334. The second-order valence-corrected chi connectivity index (χ2v) is 8.60. The molecule has 45 heavy (non-hydrogen) atoms. The van der Waals surface area contributed by atoms with Crippen molar-refractivity contribution in [1.82, 2.24) is 0 Å². The van der Waals surface area contributed by atoms with Crippen LogP contribution in [0.4, 0.5) is 105 Å². The Bertz CT molecular complexity index is 1410. The highest BCUT2D eigenvalue weighted by atomic mass is 19.4. The van der Waals surface area contributed by atoms with Crippen LogP contribution in [0.2, 0.25) is 0 Å². The molecule has 2 aromatic rings. The van der Waals surface area contributed by atoms with Gasteiger partial charge in [-0.3, -0.25) is 0 Å². The minimum absolute atomic E-state index is 4.13. The van der Waals surface area contributed by atoms with Crippen molar-refractivity contribution < 1.29 is 105 Å². The molecule has 0 atom stereocenters. The molecule has 1 aliphatic rings. The third-order valence-electron chi connectivity index (χ3n) is 5.93. The van der Waals surface area contributed by atoms with Gasteiger partial charge in [0.25, 0.3) is 0 Å². The molecule has 24 heteroatoms. The average Bonchev–Trinajstić information content (AvgIpc) is 2.84. The third-order valence-corrected chi connectivity index (χ3v) is 5.93. The molecular formula is C21F24. The largest absolute Gasteiger partial charge is 0.422 e. The van der Waals surface area contributed by atoms with E-state index in [4.69, 9.17) is 0 Å². The van der Waals surface area contributed by atoms with Crippen molar-refractivity contribution >= 4 is 11.1 Å². The van der Waals surface area contributed by atoms with E-state index in [1.807, 2.05) is 0 Å². The number of rotatable bonds is 2. The first-order valence-corrected chi connectivity index (χ1v) is 10.3. The summed E-state index contributed by atoms with van der Waals surface area (Å²) in [6.07, 6.45) is -28.0. The van der Waals surface area contributed by atoms with E-state index in [-0.39, 0.29) is 0 Å². The predicted octanol–water partition coefficient (Wildman–Crippen LogP) is 10.4. The van der Waals surface area contributed by atoms with Crippen molar-refractivity contribution in [2.45, 2.75) is 42.5 Å². The zero-order valence-electron chi connectivity index (χ0n) is 19.6. The van der Waals surface area contributed by atoms with E-state index in [0.29, 0.717) is 0 Å². The Balaban J connectivity index is 2.92. The van der Waals surface area contributed by atoms with Crippen LogP contribution in [0, 0.1) is 34.9 Å². The first kappa shape index (κ1) is 36.0. The highest BCUT2D eigenvalue weighted by Crippen LogP contribution is 2.66. The highest BCUT2D eigenvalue weighted by molar-refractivity contribution is 6.02.